The first-order valence-corrected chi connectivity index (χ1v) is 10.7. The van der Waals surface area contributed by atoms with Gasteiger partial charge in [-0.15, -0.1) is 0 Å². The predicted molar refractivity (Wildman–Crippen MR) is 124 cm³/mol. The summed E-state index contributed by atoms with van der Waals surface area (Å²) in [5.74, 6) is -3.45. The molecule has 2 aromatic carbocycles. The van der Waals surface area contributed by atoms with Crippen molar-refractivity contribution in [3.05, 3.63) is 48.0 Å². The number of aliphatic carboxylic acids is 1. The van der Waals surface area contributed by atoms with Gasteiger partial charge in [-0.2, -0.15) is 0 Å². The quantitative estimate of drug-likeness (QED) is 0.281. The smallest absolute Gasteiger partial charge is 0.322 e. The van der Waals surface area contributed by atoms with Gasteiger partial charge in [0.15, 0.2) is 0 Å². The summed E-state index contributed by atoms with van der Waals surface area (Å²) in [7, 11) is 0. The molecule has 182 valence electrons. The number of carboxylic acids is 1. The largest absolute Gasteiger partial charge is 0.480 e. The Morgan fingerprint density at radius 1 is 1.00 bits per heavy atom. The van der Waals surface area contributed by atoms with E-state index < -0.39 is 54.4 Å². The van der Waals surface area contributed by atoms with Gasteiger partial charge in [0.25, 0.3) is 0 Å². The van der Waals surface area contributed by atoms with Crippen molar-refractivity contribution in [1.82, 2.24) is 16.0 Å². The number of hydrogen-bond acceptors (Lipinski definition) is 6. The highest BCUT2D eigenvalue weighted by Crippen LogP contribution is 2.20. The van der Waals surface area contributed by atoms with Gasteiger partial charge in [-0.05, 0) is 37.1 Å². The maximum Gasteiger partial charge on any atom is 0.322 e. The molecule has 0 aliphatic rings. The molecular weight excluding hydrogens is 442 g/mol. The topological polar surface area (TPSA) is 151 Å². The molecule has 0 saturated heterocycles. The number of carbonyl (C=O) groups excluding carboxylic acids is 4. The van der Waals surface area contributed by atoms with Gasteiger partial charge in [-0.1, -0.05) is 42.5 Å². The Morgan fingerprint density at radius 3 is 2.32 bits per heavy atom. The lowest BCUT2D eigenvalue weighted by atomic mass is 9.98. The molecule has 0 fully saturated rings. The molecule has 10 nitrogen and oxygen atoms in total. The standard InChI is InChI=1S/C24H29N3O7/c1-24(2,3)34-21(31)12-18(26-14-28)23(33)27-19(22(32)25-13-20(29)30)11-16-9-6-8-15-7-4-5-10-17(15)16/h4-10,14,18-19H,11-13H2,1-3H3,(H,25,32)(H,26,28)(H,27,33)(H,29,30)/t18-,19-/m0/s1. The fourth-order valence-corrected chi connectivity index (χ4v) is 3.32. The van der Waals surface area contributed by atoms with E-state index in [1.54, 1.807) is 26.8 Å². The third kappa shape index (κ3) is 8.19. The van der Waals surface area contributed by atoms with Crippen molar-refractivity contribution in [3.63, 3.8) is 0 Å². The Kier molecular flexibility index (Phi) is 9.11. The van der Waals surface area contributed by atoms with E-state index in [1.807, 2.05) is 36.4 Å². The number of nitrogens with one attached hydrogen (secondary N) is 3. The maximum atomic E-state index is 12.9. The molecule has 34 heavy (non-hydrogen) atoms. The van der Waals surface area contributed by atoms with Crippen molar-refractivity contribution in [1.29, 1.82) is 0 Å². The molecule has 2 aromatic rings. The zero-order chi connectivity index (χ0) is 25.3. The molecule has 0 aliphatic heterocycles. The number of benzene rings is 2. The van der Waals surface area contributed by atoms with Gasteiger partial charge in [-0.3, -0.25) is 24.0 Å². The monoisotopic (exact) mass is 471 g/mol. The SMILES string of the molecule is CC(C)(C)OC(=O)C[C@H](NC=O)C(=O)N[C@@H](Cc1cccc2ccccc12)C(=O)NCC(=O)O. The summed E-state index contributed by atoms with van der Waals surface area (Å²) in [6.07, 6.45) is -0.114. The lowest BCUT2D eigenvalue weighted by Crippen LogP contribution is -2.54. The highest BCUT2D eigenvalue weighted by molar-refractivity contribution is 5.94. The first kappa shape index (κ1) is 26.3. The van der Waals surface area contributed by atoms with Crippen LogP contribution in [0.3, 0.4) is 0 Å². The van der Waals surface area contributed by atoms with Crippen molar-refractivity contribution in [2.75, 3.05) is 6.54 Å². The molecule has 0 aromatic heterocycles. The molecule has 0 heterocycles. The maximum absolute atomic E-state index is 12.9. The number of hydrogen-bond donors (Lipinski definition) is 4. The van der Waals surface area contributed by atoms with Crippen LogP contribution in [0.1, 0.15) is 32.8 Å². The lowest BCUT2D eigenvalue weighted by molar-refractivity contribution is -0.156. The Bertz CT molecular complexity index is 1060. The van der Waals surface area contributed by atoms with Gasteiger partial charge in [-0.25, -0.2) is 0 Å². The first-order chi connectivity index (χ1) is 16.0. The minimum absolute atomic E-state index is 0.0544. The van der Waals surface area contributed by atoms with Crippen molar-refractivity contribution < 1.29 is 33.8 Å². The lowest BCUT2D eigenvalue weighted by Gasteiger charge is -2.24. The number of amides is 3. The van der Waals surface area contributed by atoms with Crippen LogP contribution in [-0.4, -0.2) is 59.5 Å². The van der Waals surface area contributed by atoms with Gasteiger partial charge in [0.2, 0.25) is 18.2 Å². The van der Waals surface area contributed by atoms with E-state index in [0.29, 0.717) is 0 Å². The number of rotatable bonds is 11. The van der Waals surface area contributed by atoms with Crippen molar-refractivity contribution >= 4 is 40.9 Å². The molecule has 0 spiro atoms. The summed E-state index contributed by atoms with van der Waals surface area (Å²) in [6, 6.07) is 10.6. The molecule has 0 saturated carbocycles. The second-order valence-corrected chi connectivity index (χ2v) is 8.64. The Hall–Kier alpha value is -3.95. The van der Waals surface area contributed by atoms with E-state index in [-0.39, 0.29) is 12.8 Å². The fraction of sp³-hybridized carbons (Fsp3) is 0.375. The van der Waals surface area contributed by atoms with Crippen LogP contribution in [-0.2, 0) is 35.1 Å². The second kappa shape index (κ2) is 11.8. The summed E-state index contributed by atoms with van der Waals surface area (Å²) in [6.45, 7) is 4.37. The van der Waals surface area contributed by atoms with E-state index in [0.717, 1.165) is 16.3 Å². The summed E-state index contributed by atoms with van der Waals surface area (Å²) >= 11 is 0. The van der Waals surface area contributed by atoms with Gasteiger partial charge in [0.1, 0.15) is 24.2 Å². The average Bonchev–Trinajstić information content (AvgIpc) is 2.75. The van der Waals surface area contributed by atoms with Gasteiger partial charge >= 0.3 is 11.9 Å². The van der Waals surface area contributed by atoms with Crippen LogP contribution in [0.4, 0.5) is 0 Å². The Labute approximate surface area is 197 Å². The Morgan fingerprint density at radius 2 is 1.68 bits per heavy atom. The van der Waals surface area contributed by atoms with E-state index in [9.17, 15) is 24.0 Å². The zero-order valence-electron chi connectivity index (χ0n) is 19.3. The summed E-state index contributed by atoms with van der Waals surface area (Å²) in [5.41, 5.74) is -0.0340. The fourth-order valence-electron chi connectivity index (χ4n) is 3.32. The zero-order valence-corrected chi connectivity index (χ0v) is 19.3. The van der Waals surface area contributed by atoms with E-state index in [4.69, 9.17) is 9.84 Å². The summed E-state index contributed by atoms with van der Waals surface area (Å²) in [5, 5.41) is 17.8. The van der Waals surface area contributed by atoms with Crippen LogP contribution in [0, 0.1) is 0 Å². The third-order valence-electron chi connectivity index (χ3n) is 4.73. The van der Waals surface area contributed by atoms with Crippen LogP contribution in [0.2, 0.25) is 0 Å². The highest BCUT2D eigenvalue weighted by atomic mass is 16.6. The number of ether oxygens (including phenoxy) is 1. The minimum atomic E-state index is -1.28. The van der Waals surface area contributed by atoms with Crippen LogP contribution in [0.5, 0.6) is 0 Å². The van der Waals surface area contributed by atoms with Crippen LogP contribution < -0.4 is 16.0 Å². The van der Waals surface area contributed by atoms with Crippen LogP contribution in [0.15, 0.2) is 42.5 Å². The predicted octanol–water partition coefficient (Wildman–Crippen LogP) is 0.914. The molecule has 0 bridgehead atoms. The number of carbonyl (C=O) groups is 5. The van der Waals surface area contributed by atoms with E-state index in [1.165, 1.54) is 0 Å². The summed E-state index contributed by atoms with van der Waals surface area (Å²) < 4.78 is 5.21. The minimum Gasteiger partial charge on any atom is -0.480 e. The molecule has 3 amide bonds. The molecule has 4 N–H and O–H groups in total. The van der Waals surface area contributed by atoms with Crippen LogP contribution >= 0.6 is 0 Å². The second-order valence-electron chi connectivity index (χ2n) is 8.64. The molecule has 2 rings (SSSR count). The average molecular weight is 472 g/mol. The number of fused-ring (bicyclic) bond motifs is 1. The normalized spacial score (nSPS) is 12.8. The van der Waals surface area contributed by atoms with Crippen molar-refractivity contribution in [2.45, 2.75) is 51.3 Å². The molecule has 0 unspecified atom stereocenters. The van der Waals surface area contributed by atoms with Crippen molar-refractivity contribution in [2.24, 2.45) is 0 Å². The molecule has 2 atom stereocenters. The summed E-state index contributed by atoms with van der Waals surface area (Å²) in [4.78, 5) is 59.8. The first-order valence-electron chi connectivity index (χ1n) is 10.7. The van der Waals surface area contributed by atoms with Gasteiger partial charge < -0.3 is 25.8 Å². The highest BCUT2D eigenvalue weighted by Gasteiger charge is 2.29. The Balaban J connectivity index is 2.25. The third-order valence-corrected chi connectivity index (χ3v) is 4.73. The van der Waals surface area contributed by atoms with Gasteiger partial charge in [0.05, 0.1) is 6.42 Å². The van der Waals surface area contributed by atoms with Gasteiger partial charge in [0, 0.05) is 6.42 Å². The number of esters is 1. The van der Waals surface area contributed by atoms with E-state index in [2.05, 4.69) is 16.0 Å². The molecule has 10 heteroatoms. The molecule has 0 aliphatic carbocycles. The van der Waals surface area contributed by atoms with E-state index >= 15 is 0 Å². The van der Waals surface area contributed by atoms with Crippen LogP contribution in [0.25, 0.3) is 10.8 Å². The molecule has 0 radical (unpaired) electrons. The number of carboxylic acid groups (broad SMARTS) is 1. The van der Waals surface area contributed by atoms with Crippen molar-refractivity contribution in [3.8, 4) is 0 Å². The molecular formula is C24H29N3O7.